The lowest BCUT2D eigenvalue weighted by Crippen LogP contribution is -2.27. The lowest BCUT2D eigenvalue weighted by atomic mass is 9.96. The lowest BCUT2D eigenvalue weighted by Gasteiger charge is -2.27. The molecule has 4 heteroatoms. The zero-order chi connectivity index (χ0) is 24.7. The number of fused-ring (bicyclic) bond motifs is 2. The molecule has 2 nitrogen and oxygen atoms in total. The van der Waals surface area contributed by atoms with E-state index >= 15 is 0 Å². The predicted octanol–water partition coefficient (Wildman–Crippen LogP) is 8.92. The first kappa shape index (κ1) is 25.4. The van der Waals surface area contributed by atoms with Crippen LogP contribution < -0.4 is 0 Å². The van der Waals surface area contributed by atoms with Crippen molar-refractivity contribution >= 4 is 29.2 Å². The van der Waals surface area contributed by atoms with Crippen LogP contribution in [0.5, 0.6) is 0 Å². The van der Waals surface area contributed by atoms with Crippen LogP contribution in [0.4, 0.5) is 0 Å². The molecule has 2 unspecified atom stereocenters. The van der Waals surface area contributed by atoms with Gasteiger partial charge in [-0.1, -0.05) is 90.1 Å². The van der Waals surface area contributed by atoms with E-state index in [2.05, 4.69) is 115 Å². The second-order valence-corrected chi connectivity index (χ2v) is 17.4. The summed E-state index contributed by atoms with van der Waals surface area (Å²) < 4.78 is 13.3. The molecule has 2 aliphatic carbocycles. The smallest absolute Gasteiger partial charge is 0.215 e. The molecule has 0 amide bonds. The van der Waals surface area contributed by atoms with Crippen LogP contribution in [0.3, 0.4) is 0 Å². The Kier molecular flexibility index (Phi) is 7.26. The van der Waals surface area contributed by atoms with Gasteiger partial charge in [-0.2, -0.15) is 0 Å². The largest absolute Gasteiger partial charge is 0.406 e. The molecular weight excluding hydrogens is 449 g/mol. The summed E-state index contributed by atoms with van der Waals surface area (Å²) in [6, 6.07) is 17.6. The quantitative estimate of drug-likeness (QED) is 0.362. The summed E-state index contributed by atoms with van der Waals surface area (Å²) in [5, 5.41) is 0.437. The third-order valence-corrected chi connectivity index (χ3v) is 12.8. The van der Waals surface area contributed by atoms with E-state index in [1.807, 2.05) is 0 Å². The van der Waals surface area contributed by atoms with E-state index < -0.39 is 18.1 Å². The molecular formula is C30H40O2Si2. The van der Waals surface area contributed by atoms with Crippen molar-refractivity contribution in [2.45, 2.75) is 89.8 Å². The molecule has 0 aliphatic heterocycles. The molecule has 2 aliphatic rings. The van der Waals surface area contributed by atoms with Crippen LogP contribution in [0.25, 0.3) is 11.1 Å². The van der Waals surface area contributed by atoms with Crippen LogP contribution in [0.2, 0.25) is 23.2 Å². The number of hydrogen-bond donors (Lipinski definition) is 0. The molecule has 0 heterocycles. The van der Waals surface area contributed by atoms with Gasteiger partial charge in [0.15, 0.2) is 0 Å². The van der Waals surface area contributed by atoms with Gasteiger partial charge in [0, 0.05) is 0 Å². The van der Waals surface area contributed by atoms with Crippen molar-refractivity contribution in [2.75, 3.05) is 0 Å². The zero-order valence-corrected chi connectivity index (χ0v) is 24.2. The first-order chi connectivity index (χ1) is 15.9. The molecule has 2 atom stereocenters. The number of rotatable bonds is 7. The summed E-state index contributed by atoms with van der Waals surface area (Å²) in [7, 11) is -1.85. The highest BCUT2D eigenvalue weighted by molar-refractivity contribution is 6.54. The minimum atomic E-state index is -0.923. The molecule has 4 rings (SSSR count). The summed E-state index contributed by atoms with van der Waals surface area (Å²) in [5.74, 6) is 0. The van der Waals surface area contributed by atoms with Crippen LogP contribution in [0, 0.1) is 0 Å². The maximum absolute atomic E-state index is 6.65. The highest BCUT2D eigenvalue weighted by Gasteiger charge is 2.33. The number of allylic oxidation sites excluding steroid dienone is 2. The molecule has 0 spiro atoms. The maximum atomic E-state index is 6.65. The standard InChI is InChI=1S/C30H40O2Si2/c1-29(2,3)33(7)31-27-19-21(23-13-9-11-15-25(23)27)17-18-22-20-28(32-34(8)30(4,5)6)26-16-12-10-14-24(22)26/h9-16,19-20,27-28H,17-18H2,1-8H3. The minimum absolute atomic E-state index is 0.0854. The van der Waals surface area contributed by atoms with Gasteiger partial charge in [0.25, 0.3) is 0 Å². The molecule has 34 heavy (non-hydrogen) atoms. The van der Waals surface area contributed by atoms with E-state index in [4.69, 9.17) is 8.85 Å². The summed E-state index contributed by atoms with van der Waals surface area (Å²) in [6.45, 7) is 18.3. The van der Waals surface area contributed by atoms with E-state index in [9.17, 15) is 0 Å². The van der Waals surface area contributed by atoms with Crippen LogP contribution in [0.15, 0.2) is 60.7 Å². The molecule has 2 aromatic rings. The average Bonchev–Trinajstić information content (AvgIpc) is 3.29. The Morgan fingerprint density at radius 3 is 1.32 bits per heavy atom. The Morgan fingerprint density at radius 1 is 0.618 bits per heavy atom. The first-order valence-electron chi connectivity index (χ1n) is 12.6. The monoisotopic (exact) mass is 488 g/mol. The van der Waals surface area contributed by atoms with Crippen LogP contribution in [-0.4, -0.2) is 18.1 Å². The molecule has 0 bridgehead atoms. The Bertz CT molecular complexity index is 1000. The van der Waals surface area contributed by atoms with Gasteiger partial charge in [-0.15, -0.1) is 0 Å². The zero-order valence-electron chi connectivity index (χ0n) is 22.2. The van der Waals surface area contributed by atoms with Gasteiger partial charge < -0.3 is 8.85 Å². The molecule has 0 aromatic heterocycles. The predicted molar refractivity (Wildman–Crippen MR) is 148 cm³/mol. The SMILES string of the molecule is C[Si](OC1C=C(CCC2=CC(O[Si](C)C(C)(C)C)c3ccccc32)c2ccccc21)C(C)(C)C. The normalized spacial score (nSPS) is 19.9. The minimum Gasteiger partial charge on any atom is -0.406 e. The highest BCUT2D eigenvalue weighted by atomic mass is 28.3. The molecule has 0 saturated carbocycles. The van der Waals surface area contributed by atoms with E-state index in [1.165, 1.54) is 33.4 Å². The van der Waals surface area contributed by atoms with Crippen molar-refractivity contribution in [3.63, 3.8) is 0 Å². The number of benzene rings is 2. The average molecular weight is 489 g/mol. The molecule has 0 saturated heterocycles. The second-order valence-electron chi connectivity index (χ2n) is 11.7. The summed E-state index contributed by atoms with van der Waals surface area (Å²) in [4.78, 5) is 0. The van der Waals surface area contributed by atoms with Crippen molar-refractivity contribution in [3.05, 3.63) is 82.9 Å². The van der Waals surface area contributed by atoms with Gasteiger partial charge in [0.1, 0.15) is 0 Å². The Morgan fingerprint density at radius 2 is 0.971 bits per heavy atom. The highest BCUT2D eigenvalue weighted by Crippen LogP contribution is 2.45. The number of hydrogen-bond acceptors (Lipinski definition) is 2. The first-order valence-corrected chi connectivity index (χ1v) is 16.4. The van der Waals surface area contributed by atoms with Crippen molar-refractivity contribution in [1.82, 2.24) is 0 Å². The molecule has 2 radical (unpaired) electrons. The Labute approximate surface area is 210 Å². The Hall–Kier alpha value is -1.73. The van der Waals surface area contributed by atoms with Crippen LogP contribution in [-0.2, 0) is 8.85 Å². The van der Waals surface area contributed by atoms with Crippen molar-refractivity contribution < 1.29 is 8.85 Å². The maximum Gasteiger partial charge on any atom is 0.215 e. The fourth-order valence-electron chi connectivity index (χ4n) is 4.43. The summed E-state index contributed by atoms with van der Waals surface area (Å²) in [6.07, 6.45) is 6.98. The molecule has 2 aromatic carbocycles. The lowest BCUT2D eigenvalue weighted by molar-refractivity contribution is 0.248. The molecule has 180 valence electrons. The van der Waals surface area contributed by atoms with E-state index in [0.717, 1.165) is 12.8 Å². The van der Waals surface area contributed by atoms with Crippen molar-refractivity contribution in [3.8, 4) is 0 Å². The molecule has 0 fully saturated rings. The fraction of sp³-hybridized carbons (Fsp3) is 0.467. The van der Waals surface area contributed by atoms with Crippen LogP contribution in [0.1, 0.15) is 88.8 Å². The molecule has 0 N–H and O–H groups in total. The van der Waals surface area contributed by atoms with Crippen LogP contribution >= 0.6 is 0 Å². The summed E-state index contributed by atoms with van der Waals surface area (Å²) >= 11 is 0. The Balaban J connectivity index is 1.53. The van der Waals surface area contributed by atoms with E-state index in [1.54, 1.807) is 0 Å². The second kappa shape index (κ2) is 9.73. The van der Waals surface area contributed by atoms with Gasteiger partial charge in [-0.25, -0.2) is 0 Å². The van der Waals surface area contributed by atoms with E-state index in [0.29, 0.717) is 0 Å². The van der Waals surface area contributed by atoms with Gasteiger partial charge in [0.2, 0.25) is 18.1 Å². The van der Waals surface area contributed by atoms with Gasteiger partial charge in [-0.3, -0.25) is 0 Å². The van der Waals surface area contributed by atoms with Crippen molar-refractivity contribution in [1.29, 1.82) is 0 Å². The third-order valence-electron chi connectivity index (χ3n) is 7.32. The van der Waals surface area contributed by atoms with Gasteiger partial charge >= 0.3 is 0 Å². The van der Waals surface area contributed by atoms with E-state index in [-0.39, 0.29) is 22.3 Å². The topological polar surface area (TPSA) is 18.5 Å². The van der Waals surface area contributed by atoms with Gasteiger partial charge in [0.05, 0.1) is 12.2 Å². The third kappa shape index (κ3) is 5.41. The fourth-order valence-corrected chi connectivity index (χ4v) is 6.29. The van der Waals surface area contributed by atoms with Gasteiger partial charge in [-0.05, 0) is 81.6 Å². The van der Waals surface area contributed by atoms with Crippen molar-refractivity contribution in [2.24, 2.45) is 0 Å². The summed E-state index contributed by atoms with van der Waals surface area (Å²) in [5.41, 5.74) is 8.22.